The van der Waals surface area contributed by atoms with Gasteiger partial charge in [-0.25, -0.2) is 19.6 Å². The van der Waals surface area contributed by atoms with Crippen LogP contribution in [0.2, 0.25) is 0 Å². The van der Waals surface area contributed by atoms with Gasteiger partial charge < -0.3 is 40.7 Å². The lowest BCUT2D eigenvalue weighted by molar-refractivity contribution is 0.261. The van der Waals surface area contributed by atoms with Gasteiger partial charge in [0.1, 0.15) is 11.3 Å². The number of rotatable bonds is 8. The number of carbonyl (C=O) groups is 2. The van der Waals surface area contributed by atoms with E-state index in [0.717, 1.165) is 90.0 Å². The Morgan fingerprint density at radius 2 is 1.23 bits per heavy atom. The van der Waals surface area contributed by atoms with Gasteiger partial charge in [-0.1, -0.05) is 36.4 Å². The molecule has 2 unspecified atom stereocenters. The summed E-state index contributed by atoms with van der Waals surface area (Å²) in [6.07, 6.45) is 9.82. The number of nitrogens with one attached hydrogen (secondary N) is 6. The lowest BCUT2D eigenvalue weighted by Gasteiger charge is -2.19. The molecule has 9 aromatic rings. The van der Waals surface area contributed by atoms with Gasteiger partial charge in [0.15, 0.2) is 0 Å². The molecule has 4 amide bonds. The molecule has 12 nitrogen and oxygen atoms in total. The lowest BCUT2D eigenvalue weighted by Crippen LogP contribution is -2.20. The third kappa shape index (κ3) is 8.12. The zero-order chi connectivity index (χ0) is 42.7. The third-order valence-corrected chi connectivity index (χ3v) is 10.4. The Morgan fingerprint density at radius 3 is 1.88 bits per heavy atom. The number of urea groups is 2. The van der Waals surface area contributed by atoms with Crippen molar-refractivity contribution in [1.29, 1.82) is 0 Å². The average molecular weight is 795 g/mol. The highest BCUT2D eigenvalue weighted by molar-refractivity contribution is 6.06. The Hall–Kier alpha value is -7.86. The minimum atomic E-state index is -0.646. The molecule has 10 rings (SSSR count). The minimum absolute atomic E-state index is 0.275. The Morgan fingerprint density at radius 1 is 0.650 bits per heavy atom. The fourth-order valence-electron chi connectivity index (χ4n) is 7.62. The maximum absolute atomic E-state index is 12.6. The highest BCUT2D eigenvalue weighted by Gasteiger charge is 2.23. The van der Waals surface area contributed by atoms with Crippen molar-refractivity contribution in [2.75, 3.05) is 32.7 Å². The van der Waals surface area contributed by atoms with Gasteiger partial charge in [0, 0.05) is 95.0 Å². The van der Waals surface area contributed by atoms with Gasteiger partial charge in [0.2, 0.25) is 0 Å². The molecule has 1 aliphatic heterocycles. The zero-order valence-electron chi connectivity index (χ0n) is 35.0. The summed E-state index contributed by atoms with van der Waals surface area (Å²) in [6.45, 7) is 3.48. The molecule has 6 heterocycles. The lowest BCUT2D eigenvalue weighted by atomic mass is 10.1. The average Bonchev–Trinajstić information content (AvgIpc) is 4.09. The molecule has 4 aromatic carbocycles. The van der Waals surface area contributed by atoms with Crippen LogP contribution in [-0.2, 0) is 19.5 Å². The van der Waals surface area contributed by atoms with Crippen molar-refractivity contribution in [3.05, 3.63) is 174 Å². The van der Waals surface area contributed by atoms with Crippen molar-refractivity contribution in [2.45, 2.75) is 33.3 Å². The number of benzene rings is 4. The van der Waals surface area contributed by atoms with Crippen LogP contribution in [0.3, 0.4) is 0 Å². The monoisotopic (exact) mass is 794 g/mol. The summed E-state index contributed by atoms with van der Waals surface area (Å²) in [6, 6.07) is 35.9. The smallest absolute Gasteiger partial charge is 0.323 e. The number of fused-ring (bicyclic) bond motifs is 4. The fourth-order valence-corrected chi connectivity index (χ4v) is 7.62. The van der Waals surface area contributed by atoms with E-state index in [1.54, 1.807) is 12.4 Å². The van der Waals surface area contributed by atoms with Crippen LogP contribution in [0.25, 0.3) is 33.0 Å². The molecule has 0 bridgehead atoms. The highest BCUT2D eigenvalue weighted by atomic mass is 16.2. The highest BCUT2D eigenvalue weighted by Crippen LogP contribution is 2.35. The number of hydrogen-bond donors (Lipinski definition) is 6. The maximum atomic E-state index is 12.6. The molecule has 1 aliphatic rings. The van der Waals surface area contributed by atoms with Crippen LogP contribution < -0.4 is 26.2 Å². The number of aryl methyl sites for hydroxylation is 2. The number of H-pyrrole nitrogens is 2. The van der Waals surface area contributed by atoms with Gasteiger partial charge >= 0.3 is 12.1 Å². The van der Waals surface area contributed by atoms with Gasteiger partial charge in [-0.05, 0) is 121 Å². The molecule has 5 aromatic heterocycles. The maximum Gasteiger partial charge on any atom is 0.323 e. The first-order valence-corrected chi connectivity index (χ1v) is 19.7. The first kappa shape index (κ1) is 35.3. The first-order chi connectivity index (χ1) is 30.2. The Kier molecular flexibility index (Phi) is 9.74. The summed E-state index contributed by atoms with van der Waals surface area (Å²) >= 11 is 0. The second-order valence-corrected chi connectivity index (χ2v) is 14.7. The number of carbonyl (C=O) groups excluding carboxylic acids is 2. The molecule has 60 heavy (non-hydrogen) atoms. The van der Waals surface area contributed by atoms with E-state index in [1.807, 2.05) is 152 Å². The summed E-state index contributed by atoms with van der Waals surface area (Å²) < 4.78 is 19.6. The molecule has 0 spiro atoms. The van der Waals surface area contributed by atoms with Crippen LogP contribution in [0.1, 0.15) is 30.6 Å². The quantitative estimate of drug-likeness (QED) is 0.0906. The first-order valence-electron chi connectivity index (χ1n) is 20.8. The molecule has 6 N–H and O–H groups in total. The molecule has 0 saturated heterocycles. The van der Waals surface area contributed by atoms with Crippen LogP contribution in [0.5, 0.6) is 0 Å². The van der Waals surface area contributed by atoms with E-state index in [-0.39, 0.29) is 12.1 Å². The van der Waals surface area contributed by atoms with Gasteiger partial charge in [-0.2, -0.15) is 0 Å². The van der Waals surface area contributed by atoms with Crippen molar-refractivity contribution in [3.8, 4) is 0 Å². The number of nitrogens with zero attached hydrogens (tertiary/aromatic N) is 4. The number of aromatic amines is 2. The second kappa shape index (κ2) is 16.5. The van der Waals surface area contributed by atoms with E-state index in [2.05, 4.69) is 46.1 Å². The molecule has 12 heteroatoms. The minimum Gasteiger partial charge on any atom is -0.367 e. The molecule has 0 radical (unpaired) electrons. The molecule has 0 fully saturated rings. The number of anilines is 5. The van der Waals surface area contributed by atoms with E-state index in [0.29, 0.717) is 12.2 Å². The van der Waals surface area contributed by atoms with Gasteiger partial charge in [0.25, 0.3) is 0 Å². The van der Waals surface area contributed by atoms with E-state index in [4.69, 9.17) is 2.74 Å². The number of amides is 4. The number of hydrogen-bond acceptors (Lipinski definition) is 5. The van der Waals surface area contributed by atoms with Crippen LogP contribution >= 0.6 is 0 Å². The Balaban J connectivity index is 0.000000158. The zero-order valence-corrected chi connectivity index (χ0v) is 33.0. The number of aromatic nitrogens is 5. The number of pyridine rings is 2. The topological polar surface area (TPSA) is 148 Å². The predicted molar refractivity (Wildman–Crippen MR) is 242 cm³/mol. The molecule has 0 saturated carbocycles. The normalized spacial score (nSPS) is 13.5. The summed E-state index contributed by atoms with van der Waals surface area (Å²) in [5, 5.41) is 14.4. The largest absolute Gasteiger partial charge is 0.367 e. The SMILES string of the molecule is [2H]C(c1c[nH]c2ncccc12)N1CCc2c(NC(=O)Nc3cccc(C)c3)cccc21.[2H]C(c1c[nH]c2ncccc12)n1ccc2c(NC(=O)Nc3cccc(C)c3)cccc21. The second-order valence-electron chi connectivity index (χ2n) is 14.7. The summed E-state index contributed by atoms with van der Waals surface area (Å²) in [5.74, 6) is 0. The van der Waals surface area contributed by atoms with Crippen LogP contribution in [-0.4, -0.2) is 43.1 Å². The van der Waals surface area contributed by atoms with E-state index < -0.39 is 13.0 Å². The van der Waals surface area contributed by atoms with Gasteiger partial charge in [-0.15, -0.1) is 0 Å². The Labute approximate surface area is 349 Å². The van der Waals surface area contributed by atoms with Crippen molar-refractivity contribution in [3.63, 3.8) is 0 Å². The fraction of sp³-hybridized carbons (Fsp3) is 0.125. The summed E-state index contributed by atoms with van der Waals surface area (Å²) in [5.41, 5.74) is 11.3. The summed E-state index contributed by atoms with van der Waals surface area (Å²) in [7, 11) is 0. The van der Waals surface area contributed by atoms with Crippen LogP contribution in [0.4, 0.5) is 38.0 Å². The molecular weight excluding hydrogens is 749 g/mol. The summed E-state index contributed by atoms with van der Waals surface area (Å²) in [4.78, 5) is 42.1. The van der Waals surface area contributed by atoms with Crippen LogP contribution in [0.15, 0.2) is 146 Å². The van der Waals surface area contributed by atoms with E-state index in [1.165, 1.54) is 0 Å². The van der Waals surface area contributed by atoms with E-state index >= 15 is 0 Å². The molecule has 0 aliphatic carbocycles. The van der Waals surface area contributed by atoms with Crippen molar-refractivity contribution < 1.29 is 12.3 Å². The molecule has 298 valence electrons. The van der Waals surface area contributed by atoms with Gasteiger partial charge in [0.05, 0.1) is 13.9 Å². The van der Waals surface area contributed by atoms with Crippen molar-refractivity contribution in [1.82, 2.24) is 24.5 Å². The standard InChI is InChI=1S/C24H23N5O.C24H21N5O/c2*1-16-5-2-6-18(13-16)27-24(30)28-21-8-3-9-22-20(21)10-12-29(22)15-17-14-26-23-19(17)7-4-11-25-23/h2-9,11,13-14H,10,12,15H2,1H3,(H,25,26)(H2,27,28,30);2-14H,15H2,1H3,(H,25,26)(H2,27,28,30)/i2*15D. The third-order valence-electron chi connectivity index (χ3n) is 10.4. The van der Waals surface area contributed by atoms with Crippen molar-refractivity contribution in [2.24, 2.45) is 0 Å². The van der Waals surface area contributed by atoms with Crippen LogP contribution in [0, 0.1) is 13.8 Å². The molecule has 2 atom stereocenters. The molecular formula is C48H44N10O2. The van der Waals surface area contributed by atoms with Gasteiger partial charge in [-0.3, -0.25) is 0 Å². The Bertz CT molecular complexity index is 3080. The predicted octanol–water partition coefficient (Wildman–Crippen LogP) is 10.6. The van der Waals surface area contributed by atoms with Crippen molar-refractivity contribution >= 4 is 73.5 Å². The van der Waals surface area contributed by atoms with E-state index in [9.17, 15) is 9.59 Å².